The van der Waals surface area contributed by atoms with Crippen molar-refractivity contribution in [3.63, 3.8) is 0 Å². The molecule has 1 aromatic carbocycles. The van der Waals surface area contributed by atoms with E-state index in [0.29, 0.717) is 0 Å². The second-order valence-corrected chi connectivity index (χ2v) is 5.76. The maximum atomic E-state index is 10.8. The van der Waals surface area contributed by atoms with Gasteiger partial charge >= 0.3 is 0 Å². The predicted molar refractivity (Wildman–Crippen MR) is 73.0 cm³/mol. The van der Waals surface area contributed by atoms with E-state index in [1.54, 1.807) is 12.1 Å². The van der Waals surface area contributed by atoms with Crippen molar-refractivity contribution < 1.29 is 4.92 Å². The van der Waals surface area contributed by atoms with Gasteiger partial charge in [-0.25, -0.2) is 0 Å². The van der Waals surface area contributed by atoms with E-state index in [4.69, 9.17) is 5.26 Å². The summed E-state index contributed by atoms with van der Waals surface area (Å²) in [5.41, 5.74) is 1.15. The molecule has 0 saturated carbocycles. The molecular formula is C14H17N3O2. The van der Waals surface area contributed by atoms with E-state index < -0.39 is 4.92 Å². The van der Waals surface area contributed by atoms with Crippen LogP contribution in [0.3, 0.4) is 0 Å². The Morgan fingerprint density at radius 3 is 2.79 bits per heavy atom. The van der Waals surface area contributed by atoms with E-state index in [9.17, 15) is 10.1 Å². The van der Waals surface area contributed by atoms with Crippen LogP contribution in [-0.2, 0) is 0 Å². The van der Waals surface area contributed by atoms with Gasteiger partial charge in [-0.1, -0.05) is 13.8 Å². The number of nitriles is 1. The summed E-state index contributed by atoms with van der Waals surface area (Å²) in [7, 11) is 0. The summed E-state index contributed by atoms with van der Waals surface area (Å²) in [4.78, 5) is 12.5. The minimum Gasteiger partial charge on any atom is -0.371 e. The molecule has 0 radical (unpaired) electrons. The van der Waals surface area contributed by atoms with Crippen molar-refractivity contribution in [2.45, 2.75) is 26.7 Å². The lowest BCUT2D eigenvalue weighted by Crippen LogP contribution is -2.40. The third-order valence-electron chi connectivity index (χ3n) is 3.56. The van der Waals surface area contributed by atoms with Gasteiger partial charge in [0.15, 0.2) is 0 Å². The molecule has 100 valence electrons. The molecule has 1 aromatic rings. The number of piperidine rings is 1. The smallest absolute Gasteiger partial charge is 0.287 e. The molecule has 1 aliphatic rings. The number of hydrogen-bond donors (Lipinski definition) is 0. The minimum absolute atomic E-state index is 0.123. The summed E-state index contributed by atoms with van der Waals surface area (Å²) < 4.78 is 0. The van der Waals surface area contributed by atoms with E-state index in [2.05, 4.69) is 18.7 Å². The van der Waals surface area contributed by atoms with Crippen LogP contribution < -0.4 is 4.90 Å². The normalized spacial score (nSPS) is 17.8. The number of anilines is 1. The van der Waals surface area contributed by atoms with Crippen LogP contribution in [-0.4, -0.2) is 18.0 Å². The fourth-order valence-electron chi connectivity index (χ4n) is 2.61. The highest BCUT2D eigenvalue weighted by atomic mass is 16.6. The van der Waals surface area contributed by atoms with Gasteiger partial charge in [0, 0.05) is 24.8 Å². The second-order valence-electron chi connectivity index (χ2n) is 5.76. The Morgan fingerprint density at radius 1 is 1.47 bits per heavy atom. The van der Waals surface area contributed by atoms with Crippen LogP contribution in [0, 0.1) is 26.9 Å². The molecule has 0 amide bonds. The molecule has 0 N–H and O–H groups in total. The Morgan fingerprint density at radius 2 is 2.21 bits per heavy atom. The first-order chi connectivity index (χ1) is 8.93. The summed E-state index contributed by atoms with van der Waals surface area (Å²) >= 11 is 0. The van der Waals surface area contributed by atoms with E-state index in [0.717, 1.165) is 25.2 Å². The molecule has 0 unspecified atom stereocenters. The number of nitro benzene ring substituents is 1. The van der Waals surface area contributed by atoms with E-state index in [1.165, 1.54) is 12.5 Å². The number of rotatable bonds is 2. The molecule has 1 fully saturated rings. The first-order valence-electron chi connectivity index (χ1n) is 6.36. The first kappa shape index (κ1) is 13.3. The van der Waals surface area contributed by atoms with E-state index >= 15 is 0 Å². The van der Waals surface area contributed by atoms with E-state index in [1.807, 2.05) is 6.07 Å². The van der Waals surface area contributed by atoms with Crippen LogP contribution in [0.2, 0.25) is 0 Å². The van der Waals surface area contributed by atoms with Crippen molar-refractivity contribution in [1.82, 2.24) is 0 Å². The van der Waals surface area contributed by atoms with Gasteiger partial charge in [0.05, 0.1) is 4.92 Å². The number of hydrogen-bond acceptors (Lipinski definition) is 4. The molecule has 0 aliphatic carbocycles. The zero-order valence-electron chi connectivity index (χ0n) is 11.2. The standard InChI is InChI=1S/C14H17N3O2/c1-14(2)6-3-7-16(10-14)12-4-5-13(17(18)19)11(8-12)9-15/h4-5,8H,3,6-7,10H2,1-2H3. The average Bonchev–Trinajstić information content (AvgIpc) is 2.36. The fourth-order valence-corrected chi connectivity index (χ4v) is 2.61. The maximum Gasteiger partial charge on any atom is 0.287 e. The Balaban J connectivity index is 2.31. The second kappa shape index (κ2) is 4.88. The highest BCUT2D eigenvalue weighted by molar-refractivity contribution is 5.60. The summed E-state index contributed by atoms with van der Waals surface area (Å²) in [5.74, 6) is 0. The lowest BCUT2D eigenvalue weighted by Gasteiger charge is -2.39. The largest absolute Gasteiger partial charge is 0.371 e. The zero-order valence-corrected chi connectivity index (χ0v) is 11.2. The monoisotopic (exact) mass is 259 g/mol. The van der Waals surface area contributed by atoms with Crippen molar-refractivity contribution >= 4 is 11.4 Å². The third-order valence-corrected chi connectivity index (χ3v) is 3.56. The lowest BCUT2D eigenvalue weighted by atomic mass is 9.84. The number of nitro groups is 1. The summed E-state index contributed by atoms with van der Waals surface area (Å²) in [6.07, 6.45) is 2.29. The Labute approximate surface area is 112 Å². The SMILES string of the molecule is CC1(C)CCCN(c2ccc([N+](=O)[O-])c(C#N)c2)C1. The summed E-state index contributed by atoms with van der Waals surface area (Å²) in [5, 5.41) is 19.8. The van der Waals surface area contributed by atoms with Crippen LogP contribution >= 0.6 is 0 Å². The third kappa shape index (κ3) is 2.84. The van der Waals surface area contributed by atoms with Crippen molar-refractivity contribution in [2.24, 2.45) is 5.41 Å². The Kier molecular flexibility index (Phi) is 3.43. The molecule has 2 rings (SSSR count). The molecule has 5 nitrogen and oxygen atoms in total. The fraction of sp³-hybridized carbons (Fsp3) is 0.500. The molecule has 0 atom stereocenters. The average molecular weight is 259 g/mol. The Hall–Kier alpha value is -2.09. The van der Waals surface area contributed by atoms with Gasteiger partial charge in [0.1, 0.15) is 11.6 Å². The zero-order chi connectivity index (χ0) is 14.0. The highest BCUT2D eigenvalue weighted by Gasteiger charge is 2.27. The molecule has 0 aromatic heterocycles. The molecule has 1 heterocycles. The van der Waals surface area contributed by atoms with Crippen LogP contribution in [0.1, 0.15) is 32.3 Å². The van der Waals surface area contributed by atoms with Crippen LogP contribution in [0.15, 0.2) is 18.2 Å². The van der Waals surface area contributed by atoms with Gasteiger partial charge in [-0.05, 0) is 30.4 Å². The van der Waals surface area contributed by atoms with Crippen LogP contribution in [0.4, 0.5) is 11.4 Å². The Bertz CT molecular complexity index is 546. The van der Waals surface area contributed by atoms with Crippen molar-refractivity contribution in [3.8, 4) is 6.07 Å². The van der Waals surface area contributed by atoms with Gasteiger partial charge in [-0.3, -0.25) is 10.1 Å². The van der Waals surface area contributed by atoms with Crippen molar-refractivity contribution in [1.29, 1.82) is 5.26 Å². The maximum absolute atomic E-state index is 10.8. The number of nitrogens with zero attached hydrogens (tertiary/aromatic N) is 3. The minimum atomic E-state index is -0.511. The summed E-state index contributed by atoms with van der Waals surface area (Å²) in [6, 6.07) is 6.70. The topological polar surface area (TPSA) is 70.2 Å². The lowest BCUT2D eigenvalue weighted by molar-refractivity contribution is -0.385. The molecule has 0 spiro atoms. The molecule has 0 bridgehead atoms. The van der Waals surface area contributed by atoms with Gasteiger partial charge < -0.3 is 4.90 Å². The van der Waals surface area contributed by atoms with E-state index in [-0.39, 0.29) is 16.7 Å². The van der Waals surface area contributed by atoms with Crippen LogP contribution in [0.25, 0.3) is 0 Å². The van der Waals surface area contributed by atoms with Gasteiger partial charge in [0.2, 0.25) is 0 Å². The van der Waals surface area contributed by atoms with Crippen molar-refractivity contribution in [2.75, 3.05) is 18.0 Å². The van der Waals surface area contributed by atoms with Crippen LogP contribution in [0.5, 0.6) is 0 Å². The molecule has 5 heteroatoms. The summed E-state index contributed by atoms with van der Waals surface area (Å²) in [6.45, 7) is 6.29. The van der Waals surface area contributed by atoms with Gasteiger partial charge in [-0.2, -0.15) is 5.26 Å². The molecular weight excluding hydrogens is 242 g/mol. The highest BCUT2D eigenvalue weighted by Crippen LogP contribution is 2.33. The van der Waals surface area contributed by atoms with Gasteiger partial charge in [0.25, 0.3) is 5.69 Å². The molecule has 1 aliphatic heterocycles. The first-order valence-corrected chi connectivity index (χ1v) is 6.36. The molecule has 1 saturated heterocycles. The number of benzene rings is 1. The van der Waals surface area contributed by atoms with Crippen molar-refractivity contribution in [3.05, 3.63) is 33.9 Å². The van der Waals surface area contributed by atoms with Gasteiger partial charge in [-0.15, -0.1) is 0 Å². The molecule has 19 heavy (non-hydrogen) atoms. The quantitative estimate of drug-likeness (QED) is 0.604. The predicted octanol–water partition coefficient (Wildman–Crippen LogP) is 3.09.